The molecular formula is C31H33NO7. The molecule has 3 aromatic rings. The average Bonchev–Trinajstić information content (AvgIpc) is 3.62. The number of fused-ring (bicyclic) bond motifs is 1. The van der Waals surface area contributed by atoms with Crippen LogP contribution in [0.3, 0.4) is 0 Å². The normalized spacial score (nSPS) is 19.9. The van der Waals surface area contributed by atoms with Gasteiger partial charge in [-0.3, -0.25) is 9.59 Å². The lowest BCUT2D eigenvalue weighted by Gasteiger charge is -2.25. The molecule has 1 N–H and O–H groups in total. The Morgan fingerprint density at radius 2 is 1.95 bits per heavy atom. The molecule has 3 heterocycles. The van der Waals surface area contributed by atoms with Crippen LogP contribution in [0.4, 0.5) is 0 Å². The van der Waals surface area contributed by atoms with Crippen molar-refractivity contribution in [1.29, 1.82) is 0 Å². The van der Waals surface area contributed by atoms with Crippen molar-refractivity contribution in [1.82, 2.24) is 4.90 Å². The number of amides is 1. The highest BCUT2D eigenvalue weighted by Gasteiger charge is 2.46. The van der Waals surface area contributed by atoms with E-state index < -0.39 is 17.7 Å². The Balaban J connectivity index is 1.58. The number of methoxy groups -OCH3 is 1. The van der Waals surface area contributed by atoms with Gasteiger partial charge in [0.2, 0.25) is 0 Å². The monoisotopic (exact) mass is 531 g/mol. The van der Waals surface area contributed by atoms with Gasteiger partial charge in [-0.1, -0.05) is 19.9 Å². The summed E-state index contributed by atoms with van der Waals surface area (Å²) < 4.78 is 22.8. The Bertz CT molecular complexity index is 1410. The molecule has 8 heteroatoms. The Kier molecular flexibility index (Phi) is 7.37. The zero-order valence-corrected chi connectivity index (χ0v) is 22.6. The van der Waals surface area contributed by atoms with Gasteiger partial charge in [0.1, 0.15) is 23.4 Å². The van der Waals surface area contributed by atoms with Gasteiger partial charge in [-0.25, -0.2) is 0 Å². The van der Waals surface area contributed by atoms with Crippen LogP contribution in [0.1, 0.15) is 55.7 Å². The highest BCUT2D eigenvalue weighted by Crippen LogP contribution is 2.43. The molecule has 2 atom stereocenters. The van der Waals surface area contributed by atoms with Crippen molar-refractivity contribution in [2.24, 2.45) is 5.92 Å². The maximum atomic E-state index is 13.4. The fourth-order valence-corrected chi connectivity index (χ4v) is 5.06. The minimum absolute atomic E-state index is 0.00833. The number of carbonyl (C=O) groups is 2. The lowest BCUT2D eigenvalue weighted by atomic mass is 9.94. The van der Waals surface area contributed by atoms with Gasteiger partial charge in [-0.15, -0.1) is 0 Å². The summed E-state index contributed by atoms with van der Waals surface area (Å²) in [6.45, 7) is 6.82. The molecule has 39 heavy (non-hydrogen) atoms. The van der Waals surface area contributed by atoms with Crippen molar-refractivity contribution in [2.45, 2.75) is 52.3 Å². The van der Waals surface area contributed by atoms with Gasteiger partial charge in [0.15, 0.2) is 11.5 Å². The second kappa shape index (κ2) is 10.9. The second-order valence-corrected chi connectivity index (χ2v) is 10.4. The summed E-state index contributed by atoms with van der Waals surface area (Å²) in [5, 5.41) is 11.5. The Morgan fingerprint density at radius 3 is 2.67 bits per heavy atom. The number of aliphatic hydroxyl groups is 1. The molecule has 0 bridgehead atoms. The summed E-state index contributed by atoms with van der Waals surface area (Å²) in [7, 11) is 1.54. The van der Waals surface area contributed by atoms with Crippen LogP contribution in [0.25, 0.3) is 5.76 Å². The molecule has 1 aromatic heterocycles. The number of carbonyl (C=O) groups excluding carboxylic acids is 2. The smallest absolute Gasteiger partial charge is 0.296 e. The molecule has 0 aliphatic carbocycles. The minimum Gasteiger partial charge on any atom is -0.507 e. The van der Waals surface area contributed by atoms with Crippen LogP contribution in [-0.4, -0.2) is 41.5 Å². The standard InChI is InChI=1S/C31H33NO7/c1-18(2)11-13-38-25-10-7-20(16-26(25)36-4)28-27(30(34)31(35)32(28)17-23-6-5-12-37-23)29(33)21-8-9-24-22(15-21)14-19(3)39-24/h5-10,12,15-16,18-19,28,33H,11,13-14,17H2,1-4H3/b29-27+. The van der Waals surface area contributed by atoms with Gasteiger partial charge in [0, 0.05) is 12.0 Å². The van der Waals surface area contributed by atoms with E-state index in [0.29, 0.717) is 47.3 Å². The first-order valence-corrected chi connectivity index (χ1v) is 13.2. The van der Waals surface area contributed by atoms with E-state index in [1.54, 1.807) is 49.6 Å². The van der Waals surface area contributed by atoms with Gasteiger partial charge < -0.3 is 28.6 Å². The van der Waals surface area contributed by atoms with Gasteiger partial charge in [-0.2, -0.15) is 0 Å². The maximum absolute atomic E-state index is 13.4. The topological polar surface area (TPSA) is 98.4 Å². The van der Waals surface area contributed by atoms with Gasteiger partial charge in [0.05, 0.1) is 38.1 Å². The molecule has 2 unspecified atom stereocenters. The van der Waals surface area contributed by atoms with E-state index in [2.05, 4.69) is 13.8 Å². The van der Waals surface area contributed by atoms with E-state index in [4.69, 9.17) is 18.6 Å². The van der Waals surface area contributed by atoms with Crippen LogP contribution in [0.15, 0.2) is 64.8 Å². The molecule has 0 saturated carbocycles. The molecule has 8 nitrogen and oxygen atoms in total. The predicted molar refractivity (Wildman–Crippen MR) is 145 cm³/mol. The molecule has 1 fully saturated rings. The molecular weight excluding hydrogens is 498 g/mol. The molecule has 5 rings (SSSR count). The van der Waals surface area contributed by atoms with Crippen LogP contribution in [0, 0.1) is 5.92 Å². The first-order chi connectivity index (χ1) is 18.8. The Labute approximate surface area is 227 Å². The lowest BCUT2D eigenvalue weighted by Crippen LogP contribution is -2.29. The SMILES string of the molecule is COc1cc(C2/C(=C(\O)c3ccc4c(c3)CC(C)O4)C(=O)C(=O)N2Cc2ccco2)ccc1OCCC(C)C. The van der Waals surface area contributed by atoms with Gasteiger partial charge in [0.25, 0.3) is 11.7 Å². The minimum atomic E-state index is -0.864. The molecule has 2 aliphatic rings. The zero-order chi connectivity index (χ0) is 27.7. The van der Waals surface area contributed by atoms with Gasteiger partial charge in [-0.05, 0) is 72.9 Å². The highest BCUT2D eigenvalue weighted by molar-refractivity contribution is 6.46. The van der Waals surface area contributed by atoms with Crippen molar-refractivity contribution in [3.63, 3.8) is 0 Å². The first kappa shape index (κ1) is 26.4. The summed E-state index contributed by atoms with van der Waals surface area (Å²) in [6, 6.07) is 13.2. The van der Waals surface area contributed by atoms with Crippen LogP contribution >= 0.6 is 0 Å². The summed E-state index contributed by atoms with van der Waals surface area (Å²) in [5.41, 5.74) is 2.01. The fourth-order valence-electron chi connectivity index (χ4n) is 5.06. The summed E-state index contributed by atoms with van der Waals surface area (Å²) in [6.07, 6.45) is 3.13. The average molecular weight is 532 g/mol. The zero-order valence-electron chi connectivity index (χ0n) is 22.6. The van der Waals surface area contributed by atoms with E-state index >= 15 is 0 Å². The summed E-state index contributed by atoms with van der Waals surface area (Å²) in [4.78, 5) is 28.2. The van der Waals surface area contributed by atoms with Crippen molar-refractivity contribution in [3.8, 4) is 17.2 Å². The largest absolute Gasteiger partial charge is 0.507 e. The third-order valence-corrected chi connectivity index (χ3v) is 7.07. The van der Waals surface area contributed by atoms with Crippen LogP contribution < -0.4 is 14.2 Å². The molecule has 1 amide bonds. The highest BCUT2D eigenvalue weighted by atomic mass is 16.5. The first-order valence-electron chi connectivity index (χ1n) is 13.2. The van der Waals surface area contributed by atoms with E-state index in [9.17, 15) is 14.7 Å². The Hall–Kier alpha value is -4.20. The maximum Gasteiger partial charge on any atom is 0.296 e. The molecule has 2 aromatic carbocycles. The lowest BCUT2D eigenvalue weighted by molar-refractivity contribution is -0.140. The summed E-state index contributed by atoms with van der Waals surface area (Å²) in [5.74, 6) is 1.10. The van der Waals surface area contributed by atoms with E-state index in [1.807, 2.05) is 13.0 Å². The van der Waals surface area contributed by atoms with Crippen LogP contribution in [0.2, 0.25) is 0 Å². The number of aliphatic hydroxyl groups excluding tert-OH is 1. The van der Waals surface area contributed by atoms with Crippen LogP contribution in [-0.2, 0) is 22.6 Å². The quantitative estimate of drug-likeness (QED) is 0.216. The Morgan fingerprint density at radius 1 is 1.13 bits per heavy atom. The number of furan rings is 1. The number of nitrogens with zero attached hydrogens (tertiary/aromatic N) is 1. The van der Waals surface area contributed by atoms with Gasteiger partial charge >= 0.3 is 0 Å². The molecule has 204 valence electrons. The number of ketones is 1. The van der Waals surface area contributed by atoms with Crippen LogP contribution in [0.5, 0.6) is 17.2 Å². The second-order valence-electron chi connectivity index (χ2n) is 10.4. The third kappa shape index (κ3) is 5.24. The van der Waals surface area contributed by atoms with E-state index in [0.717, 1.165) is 17.7 Å². The number of rotatable bonds is 9. The number of likely N-dealkylation sites (tertiary alicyclic amines) is 1. The third-order valence-electron chi connectivity index (χ3n) is 7.07. The number of hydrogen-bond acceptors (Lipinski definition) is 7. The van der Waals surface area contributed by atoms with Crippen molar-refractivity contribution >= 4 is 17.4 Å². The van der Waals surface area contributed by atoms with Crippen molar-refractivity contribution in [2.75, 3.05) is 13.7 Å². The predicted octanol–water partition coefficient (Wildman–Crippen LogP) is 5.66. The molecule has 0 radical (unpaired) electrons. The number of hydrogen-bond donors (Lipinski definition) is 1. The molecule has 0 spiro atoms. The number of ether oxygens (including phenoxy) is 3. The number of benzene rings is 2. The van der Waals surface area contributed by atoms with Crippen molar-refractivity contribution in [3.05, 3.63) is 82.8 Å². The number of Topliss-reactive ketones (excluding diaryl/α,β-unsaturated/α-hetero) is 1. The molecule has 2 aliphatic heterocycles. The fraction of sp³-hybridized carbons (Fsp3) is 0.355. The summed E-state index contributed by atoms with van der Waals surface area (Å²) >= 11 is 0. The van der Waals surface area contributed by atoms with E-state index in [1.165, 1.54) is 11.2 Å². The van der Waals surface area contributed by atoms with E-state index in [-0.39, 0.29) is 24.0 Å². The molecule has 1 saturated heterocycles. The van der Waals surface area contributed by atoms with Crippen molar-refractivity contribution < 1.29 is 33.3 Å².